The summed E-state index contributed by atoms with van der Waals surface area (Å²) in [6.45, 7) is 2.14. The zero-order valence-corrected chi connectivity index (χ0v) is 13.6. The fourth-order valence-electron chi connectivity index (χ4n) is 2.49. The van der Waals surface area contributed by atoms with Crippen LogP contribution in [0, 0.1) is 6.92 Å². The predicted molar refractivity (Wildman–Crippen MR) is 84.4 cm³/mol. The summed E-state index contributed by atoms with van der Waals surface area (Å²) in [5, 5.41) is 14.0. The van der Waals surface area contributed by atoms with E-state index in [1.54, 1.807) is 31.2 Å². The number of hydrogen-bond acceptors (Lipinski definition) is 5. The molecular formula is C15H15ClN4O4. The molecule has 0 aliphatic carbocycles. The number of aryl methyl sites for hydroxylation is 1. The van der Waals surface area contributed by atoms with E-state index in [9.17, 15) is 14.7 Å². The van der Waals surface area contributed by atoms with Crippen molar-refractivity contribution in [1.82, 2.24) is 19.7 Å². The maximum Gasteiger partial charge on any atom is 0.328 e. The topological polar surface area (TPSA) is 97.6 Å². The highest BCUT2D eigenvalue weighted by Crippen LogP contribution is 2.16. The maximum absolute atomic E-state index is 12.6. The first-order valence-electron chi connectivity index (χ1n) is 7.28. The number of carbonyl (C=O) groups is 2. The number of halogens is 1. The van der Waals surface area contributed by atoms with Crippen LogP contribution in [0.1, 0.15) is 16.4 Å². The number of aliphatic carboxylic acids is 1. The summed E-state index contributed by atoms with van der Waals surface area (Å²) in [5.41, 5.74) is 0.709. The summed E-state index contributed by atoms with van der Waals surface area (Å²) in [4.78, 5) is 29.3. The third-order valence-corrected chi connectivity index (χ3v) is 3.96. The van der Waals surface area contributed by atoms with Gasteiger partial charge in [0.05, 0.1) is 18.9 Å². The lowest BCUT2D eigenvalue weighted by Gasteiger charge is -2.31. The molecule has 1 N–H and O–H groups in total. The second kappa shape index (κ2) is 6.58. The van der Waals surface area contributed by atoms with Gasteiger partial charge < -0.3 is 14.7 Å². The van der Waals surface area contributed by atoms with Crippen molar-refractivity contribution in [2.45, 2.75) is 13.0 Å². The van der Waals surface area contributed by atoms with Crippen molar-refractivity contribution in [3.63, 3.8) is 0 Å². The van der Waals surface area contributed by atoms with Gasteiger partial charge in [0.25, 0.3) is 5.91 Å². The van der Waals surface area contributed by atoms with Crippen molar-refractivity contribution < 1.29 is 19.4 Å². The van der Waals surface area contributed by atoms with Gasteiger partial charge in [0.1, 0.15) is 5.82 Å². The molecule has 2 heterocycles. The second-order valence-corrected chi connectivity index (χ2v) is 5.73. The van der Waals surface area contributed by atoms with E-state index in [2.05, 4.69) is 10.1 Å². The van der Waals surface area contributed by atoms with E-state index in [0.29, 0.717) is 16.5 Å². The molecule has 24 heavy (non-hydrogen) atoms. The molecule has 3 rings (SSSR count). The van der Waals surface area contributed by atoms with Gasteiger partial charge in [0.15, 0.2) is 6.04 Å². The first kappa shape index (κ1) is 16.4. The van der Waals surface area contributed by atoms with Crippen molar-refractivity contribution >= 4 is 23.5 Å². The molecule has 1 aliphatic rings. The molecule has 126 valence electrons. The van der Waals surface area contributed by atoms with Gasteiger partial charge in [-0.3, -0.25) is 4.79 Å². The standard InChI is InChI=1S/C15H15ClN4O4/c1-9-17-13(18-20(9)11-4-2-10(16)3-5-11)14(21)19-6-7-24-8-12(19)15(22)23/h2-5,12H,6-8H2,1H3,(H,22,23). The predicted octanol–water partition coefficient (Wildman–Crippen LogP) is 1.15. The van der Waals surface area contributed by atoms with Crippen LogP contribution in [-0.2, 0) is 9.53 Å². The Morgan fingerprint density at radius 3 is 2.71 bits per heavy atom. The third kappa shape index (κ3) is 3.10. The van der Waals surface area contributed by atoms with E-state index in [-0.39, 0.29) is 25.6 Å². The Morgan fingerprint density at radius 2 is 2.04 bits per heavy atom. The normalized spacial score (nSPS) is 17.8. The van der Waals surface area contributed by atoms with E-state index in [1.807, 2.05) is 0 Å². The molecule has 1 aliphatic heterocycles. The van der Waals surface area contributed by atoms with Crippen LogP contribution in [0.4, 0.5) is 0 Å². The smallest absolute Gasteiger partial charge is 0.328 e. The average Bonchev–Trinajstić information content (AvgIpc) is 2.96. The van der Waals surface area contributed by atoms with Crippen molar-refractivity contribution in [2.24, 2.45) is 0 Å². The van der Waals surface area contributed by atoms with Crippen LogP contribution in [0.2, 0.25) is 5.02 Å². The number of carbonyl (C=O) groups excluding carboxylic acids is 1. The van der Waals surface area contributed by atoms with Crippen molar-refractivity contribution in [3.05, 3.63) is 40.9 Å². The van der Waals surface area contributed by atoms with Gasteiger partial charge in [-0.1, -0.05) is 11.6 Å². The quantitative estimate of drug-likeness (QED) is 0.892. The molecule has 0 saturated carbocycles. The van der Waals surface area contributed by atoms with Crippen LogP contribution in [0.15, 0.2) is 24.3 Å². The number of amides is 1. The van der Waals surface area contributed by atoms with Crippen LogP contribution in [0.5, 0.6) is 0 Å². The second-order valence-electron chi connectivity index (χ2n) is 5.30. The van der Waals surface area contributed by atoms with Gasteiger partial charge in [-0.25, -0.2) is 14.5 Å². The van der Waals surface area contributed by atoms with Crippen molar-refractivity contribution in [1.29, 1.82) is 0 Å². The lowest BCUT2D eigenvalue weighted by Crippen LogP contribution is -2.52. The molecule has 1 aromatic carbocycles. The van der Waals surface area contributed by atoms with E-state index < -0.39 is 17.9 Å². The molecular weight excluding hydrogens is 336 g/mol. The highest BCUT2D eigenvalue weighted by atomic mass is 35.5. The van der Waals surface area contributed by atoms with Crippen LogP contribution >= 0.6 is 11.6 Å². The number of carboxylic acid groups (broad SMARTS) is 1. The molecule has 1 saturated heterocycles. The Kier molecular flexibility index (Phi) is 4.50. The molecule has 1 unspecified atom stereocenters. The van der Waals surface area contributed by atoms with Crippen LogP contribution in [0.3, 0.4) is 0 Å². The van der Waals surface area contributed by atoms with Gasteiger partial charge in [-0.15, -0.1) is 5.10 Å². The highest BCUT2D eigenvalue weighted by molar-refractivity contribution is 6.30. The monoisotopic (exact) mass is 350 g/mol. The molecule has 1 amide bonds. The summed E-state index contributed by atoms with van der Waals surface area (Å²) in [6, 6.07) is 5.90. The summed E-state index contributed by atoms with van der Waals surface area (Å²) >= 11 is 5.87. The van der Waals surface area contributed by atoms with E-state index in [4.69, 9.17) is 16.3 Å². The number of morpholine rings is 1. The largest absolute Gasteiger partial charge is 0.480 e. The van der Waals surface area contributed by atoms with Gasteiger partial charge in [0.2, 0.25) is 5.82 Å². The fourth-order valence-corrected chi connectivity index (χ4v) is 2.61. The summed E-state index contributed by atoms with van der Waals surface area (Å²) in [5.74, 6) is -1.17. The van der Waals surface area contributed by atoms with E-state index in [0.717, 1.165) is 0 Å². The number of rotatable bonds is 3. The lowest BCUT2D eigenvalue weighted by atomic mass is 10.2. The molecule has 8 nitrogen and oxygen atoms in total. The Morgan fingerprint density at radius 1 is 1.33 bits per heavy atom. The zero-order chi connectivity index (χ0) is 17.3. The minimum Gasteiger partial charge on any atom is -0.480 e. The summed E-state index contributed by atoms with van der Waals surface area (Å²) in [6.07, 6.45) is 0. The van der Waals surface area contributed by atoms with Gasteiger partial charge in [-0.2, -0.15) is 0 Å². The highest BCUT2D eigenvalue weighted by Gasteiger charge is 2.35. The van der Waals surface area contributed by atoms with Gasteiger partial charge in [0, 0.05) is 11.6 Å². The van der Waals surface area contributed by atoms with Crippen LogP contribution in [-0.4, -0.2) is 62.4 Å². The lowest BCUT2D eigenvalue weighted by molar-refractivity contribution is -0.147. The molecule has 1 aromatic heterocycles. The SMILES string of the molecule is Cc1nc(C(=O)N2CCOCC2C(=O)O)nn1-c1ccc(Cl)cc1. The number of carboxylic acids is 1. The first-order chi connectivity index (χ1) is 11.5. The molecule has 0 radical (unpaired) electrons. The Bertz CT molecular complexity index is 774. The number of benzene rings is 1. The van der Waals surface area contributed by atoms with Gasteiger partial charge in [-0.05, 0) is 31.2 Å². The number of hydrogen-bond donors (Lipinski definition) is 1. The number of ether oxygens (including phenoxy) is 1. The first-order valence-corrected chi connectivity index (χ1v) is 7.66. The molecule has 0 spiro atoms. The minimum absolute atomic E-state index is 0.0437. The summed E-state index contributed by atoms with van der Waals surface area (Å²) in [7, 11) is 0. The Labute approximate surface area is 142 Å². The third-order valence-electron chi connectivity index (χ3n) is 3.71. The van der Waals surface area contributed by atoms with Crippen LogP contribution in [0.25, 0.3) is 5.69 Å². The molecule has 2 aromatic rings. The summed E-state index contributed by atoms with van der Waals surface area (Å²) < 4.78 is 6.65. The number of aromatic nitrogens is 3. The molecule has 0 bridgehead atoms. The fraction of sp³-hybridized carbons (Fsp3) is 0.333. The molecule has 1 atom stereocenters. The number of nitrogens with zero attached hydrogens (tertiary/aromatic N) is 4. The van der Waals surface area contributed by atoms with Crippen molar-refractivity contribution in [2.75, 3.05) is 19.8 Å². The van der Waals surface area contributed by atoms with E-state index >= 15 is 0 Å². The molecule has 1 fully saturated rings. The Balaban J connectivity index is 1.89. The zero-order valence-electron chi connectivity index (χ0n) is 12.8. The van der Waals surface area contributed by atoms with E-state index in [1.165, 1.54) is 9.58 Å². The molecule has 9 heteroatoms. The van der Waals surface area contributed by atoms with Gasteiger partial charge >= 0.3 is 5.97 Å². The average molecular weight is 351 g/mol. The van der Waals surface area contributed by atoms with Crippen molar-refractivity contribution in [3.8, 4) is 5.69 Å². The minimum atomic E-state index is -1.11. The van der Waals surface area contributed by atoms with Crippen LogP contribution < -0.4 is 0 Å². The maximum atomic E-state index is 12.6. The Hall–Kier alpha value is -2.45.